The molecule has 3 nitrogen and oxygen atoms in total. The molecule has 1 N–H and O–H groups in total. The van der Waals surface area contributed by atoms with Crippen LogP contribution < -0.4 is 10.2 Å². The summed E-state index contributed by atoms with van der Waals surface area (Å²) in [6.45, 7) is 0.733. The molecule has 3 heteroatoms. The van der Waals surface area contributed by atoms with Crippen molar-refractivity contribution in [2.75, 3.05) is 18.5 Å². The first kappa shape index (κ1) is 11.0. The quantitative estimate of drug-likeness (QED) is 0.813. The molecule has 1 aromatic carbocycles. The first-order chi connectivity index (χ1) is 7.79. The first-order valence-corrected chi connectivity index (χ1v) is 5.71. The lowest BCUT2D eigenvalue weighted by Crippen LogP contribution is -2.39. The van der Waals surface area contributed by atoms with Gasteiger partial charge in [-0.2, -0.15) is 5.26 Å². The van der Waals surface area contributed by atoms with Crippen molar-refractivity contribution in [2.24, 2.45) is 0 Å². The van der Waals surface area contributed by atoms with E-state index >= 15 is 0 Å². The van der Waals surface area contributed by atoms with E-state index in [1.807, 2.05) is 25.2 Å². The van der Waals surface area contributed by atoms with Crippen molar-refractivity contribution in [1.29, 1.82) is 5.26 Å². The minimum absolute atomic E-state index is 0.0716. The molecule has 1 aromatic rings. The van der Waals surface area contributed by atoms with Crippen LogP contribution in [0, 0.1) is 11.3 Å². The number of benzene rings is 1. The van der Waals surface area contributed by atoms with Crippen molar-refractivity contribution in [3.05, 3.63) is 30.3 Å². The molecule has 0 radical (unpaired) electrons. The molecule has 84 valence electrons. The van der Waals surface area contributed by atoms with Crippen LogP contribution in [0.5, 0.6) is 0 Å². The predicted molar refractivity (Wildman–Crippen MR) is 65.3 cm³/mol. The zero-order chi connectivity index (χ0) is 11.4. The lowest BCUT2D eigenvalue weighted by Gasteiger charge is -2.22. The van der Waals surface area contributed by atoms with Crippen molar-refractivity contribution in [1.82, 2.24) is 5.32 Å². The summed E-state index contributed by atoms with van der Waals surface area (Å²) in [5, 5.41) is 12.4. The maximum absolute atomic E-state index is 9.06. The van der Waals surface area contributed by atoms with Crippen LogP contribution in [-0.2, 0) is 0 Å². The molecule has 0 amide bonds. The molecular weight excluding hydrogens is 198 g/mol. The maximum Gasteiger partial charge on any atom is 0.113 e. The fourth-order valence-electron chi connectivity index (χ4n) is 1.73. The Morgan fingerprint density at radius 3 is 2.69 bits per heavy atom. The van der Waals surface area contributed by atoms with E-state index in [2.05, 4.69) is 28.4 Å². The van der Waals surface area contributed by atoms with E-state index in [9.17, 15) is 0 Å². The summed E-state index contributed by atoms with van der Waals surface area (Å²) in [6, 6.07) is 13.0. The van der Waals surface area contributed by atoms with Gasteiger partial charge in [0.15, 0.2) is 0 Å². The number of nitrogens with one attached hydrogen (secondary N) is 1. The fourth-order valence-corrected chi connectivity index (χ4v) is 1.73. The zero-order valence-electron chi connectivity index (χ0n) is 9.56. The number of nitriles is 1. The van der Waals surface area contributed by atoms with Gasteiger partial charge < -0.3 is 4.90 Å². The van der Waals surface area contributed by atoms with Gasteiger partial charge in [0.05, 0.1) is 6.07 Å². The van der Waals surface area contributed by atoms with E-state index in [1.165, 1.54) is 12.8 Å². The van der Waals surface area contributed by atoms with Gasteiger partial charge in [-0.25, -0.2) is 0 Å². The van der Waals surface area contributed by atoms with Crippen LogP contribution in [0.4, 0.5) is 5.69 Å². The average Bonchev–Trinajstić information content (AvgIpc) is 3.13. The predicted octanol–water partition coefficient (Wildman–Crippen LogP) is 1.77. The number of para-hydroxylation sites is 1. The minimum Gasteiger partial charge on any atom is -0.372 e. The van der Waals surface area contributed by atoms with E-state index in [0.717, 1.165) is 12.2 Å². The minimum atomic E-state index is -0.0716. The van der Waals surface area contributed by atoms with Crippen LogP contribution >= 0.6 is 0 Å². The van der Waals surface area contributed by atoms with Gasteiger partial charge in [-0.05, 0) is 25.0 Å². The van der Waals surface area contributed by atoms with Crippen molar-refractivity contribution in [2.45, 2.75) is 24.9 Å². The largest absolute Gasteiger partial charge is 0.372 e. The Balaban J connectivity index is 1.90. The summed E-state index contributed by atoms with van der Waals surface area (Å²) in [6.07, 6.45) is 2.43. The summed E-state index contributed by atoms with van der Waals surface area (Å²) < 4.78 is 0. The Morgan fingerprint density at radius 1 is 1.44 bits per heavy atom. The van der Waals surface area contributed by atoms with E-state index in [0.29, 0.717) is 6.04 Å². The van der Waals surface area contributed by atoms with Gasteiger partial charge in [-0.1, -0.05) is 18.2 Å². The number of hydrogen-bond acceptors (Lipinski definition) is 3. The molecule has 1 atom stereocenters. The van der Waals surface area contributed by atoms with Crippen LogP contribution in [0.25, 0.3) is 0 Å². The van der Waals surface area contributed by atoms with Gasteiger partial charge in [-0.3, -0.25) is 5.32 Å². The Kier molecular flexibility index (Phi) is 3.43. The standard InChI is InChI=1S/C13H17N3/c1-16(13-5-3-2-4-6-13)10-12(9-14)15-11-7-8-11/h2-6,11-12,15H,7-8,10H2,1H3. The SMILES string of the molecule is CN(CC(C#N)NC1CC1)c1ccccc1. The second-order valence-electron chi connectivity index (χ2n) is 4.34. The van der Waals surface area contributed by atoms with Gasteiger partial charge >= 0.3 is 0 Å². The molecular formula is C13H17N3. The van der Waals surface area contributed by atoms with Crippen molar-refractivity contribution in [3.63, 3.8) is 0 Å². The van der Waals surface area contributed by atoms with Crippen molar-refractivity contribution < 1.29 is 0 Å². The first-order valence-electron chi connectivity index (χ1n) is 5.71. The molecule has 0 heterocycles. The van der Waals surface area contributed by atoms with E-state index in [-0.39, 0.29) is 6.04 Å². The van der Waals surface area contributed by atoms with Crippen LogP contribution in [0.2, 0.25) is 0 Å². The highest BCUT2D eigenvalue weighted by atomic mass is 15.1. The fraction of sp³-hybridized carbons (Fsp3) is 0.462. The monoisotopic (exact) mass is 215 g/mol. The van der Waals surface area contributed by atoms with Gasteiger partial charge in [-0.15, -0.1) is 0 Å². The van der Waals surface area contributed by atoms with Gasteiger partial charge in [0, 0.05) is 25.3 Å². The Labute approximate surface area is 96.7 Å². The van der Waals surface area contributed by atoms with Crippen molar-refractivity contribution >= 4 is 5.69 Å². The van der Waals surface area contributed by atoms with Gasteiger partial charge in [0.2, 0.25) is 0 Å². The number of anilines is 1. The lowest BCUT2D eigenvalue weighted by molar-refractivity contribution is 0.593. The Hall–Kier alpha value is -1.53. The van der Waals surface area contributed by atoms with Crippen molar-refractivity contribution in [3.8, 4) is 6.07 Å². The highest BCUT2D eigenvalue weighted by Gasteiger charge is 2.24. The smallest absolute Gasteiger partial charge is 0.113 e. The summed E-state index contributed by atoms with van der Waals surface area (Å²) in [5.41, 5.74) is 1.15. The molecule has 0 aliphatic heterocycles. The molecule has 0 bridgehead atoms. The summed E-state index contributed by atoms with van der Waals surface area (Å²) in [4.78, 5) is 2.11. The molecule has 0 saturated heterocycles. The maximum atomic E-state index is 9.06. The molecule has 1 aliphatic rings. The second-order valence-corrected chi connectivity index (χ2v) is 4.34. The van der Waals surface area contributed by atoms with E-state index in [1.54, 1.807) is 0 Å². The van der Waals surface area contributed by atoms with E-state index < -0.39 is 0 Å². The molecule has 0 aromatic heterocycles. The van der Waals surface area contributed by atoms with Gasteiger partial charge in [0.25, 0.3) is 0 Å². The third-order valence-electron chi connectivity index (χ3n) is 2.82. The average molecular weight is 215 g/mol. The summed E-state index contributed by atoms with van der Waals surface area (Å²) in [5.74, 6) is 0. The third kappa shape index (κ3) is 2.98. The Morgan fingerprint density at radius 2 is 2.12 bits per heavy atom. The molecule has 1 fully saturated rings. The number of likely N-dealkylation sites (N-methyl/N-ethyl adjacent to an activating group) is 1. The summed E-state index contributed by atoms with van der Waals surface area (Å²) >= 11 is 0. The topological polar surface area (TPSA) is 39.1 Å². The van der Waals surface area contributed by atoms with Crippen LogP contribution in [0.3, 0.4) is 0 Å². The zero-order valence-corrected chi connectivity index (χ0v) is 9.56. The number of hydrogen-bond donors (Lipinski definition) is 1. The van der Waals surface area contributed by atoms with Crippen LogP contribution in [0.15, 0.2) is 30.3 Å². The van der Waals surface area contributed by atoms with E-state index in [4.69, 9.17) is 5.26 Å². The normalized spacial score (nSPS) is 16.5. The highest BCUT2D eigenvalue weighted by molar-refractivity contribution is 5.45. The molecule has 1 unspecified atom stereocenters. The lowest BCUT2D eigenvalue weighted by atomic mass is 10.2. The molecule has 1 saturated carbocycles. The molecule has 2 rings (SSSR count). The molecule has 1 aliphatic carbocycles. The molecule has 0 spiro atoms. The highest BCUT2D eigenvalue weighted by Crippen LogP contribution is 2.20. The number of rotatable bonds is 5. The number of nitrogens with zero attached hydrogens (tertiary/aromatic N) is 2. The van der Waals surface area contributed by atoms with Crippen LogP contribution in [-0.4, -0.2) is 25.7 Å². The molecule has 16 heavy (non-hydrogen) atoms. The third-order valence-corrected chi connectivity index (χ3v) is 2.82. The second kappa shape index (κ2) is 5.00. The van der Waals surface area contributed by atoms with Gasteiger partial charge in [0.1, 0.15) is 6.04 Å². The van der Waals surface area contributed by atoms with Crippen LogP contribution in [0.1, 0.15) is 12.8 Å². The summed E-state index contributed by atoms with van der Waals surface area (Å²) in [7, 11) is 2.02. The Bertz CT molecular complexity index is 365.